The van der Waals surface area contributed by atoms with E-state index in [1.807, 2.05) is 0 Å². The van der Waals surface area contributed by atoms with Crippen molar-refractivity contribution < 1.29 is 36.3 Å². The Morgan fingerprint density at radius 3 is 0.652 bits per heavy atom. The van der Waals surface area contributed by atoms with Crippen LogP contribution in [-0.2, 0) is 36.3 Å². The predicted octanol–water partition coefficient (Wildman–Crippen LogP) is 13.8. The fraction of sp³-hybridized carbons (Fsp3) is 1.00. The van der Waals surface area contributed by atoms with Gasteiger partial charge in [0, 0.05) is 0 Å². The van der Waals surface area contributed by atoms with Gasteiger partial charge in [0.2, 0.25) is 0 Å². The molecule has 8 nitrogen and oxygen atoms in total. The van der Waals surface area contributed by atoms with Crippen molar-refractivity contribution in [3.63, 3.8) is 0 Å². The second-order valence-corrected chi connectivity index (χ2v) is 15.6. The summed E-state index contributed by atoms with van der Waals surface area (Å²) < 4.78 is 57.9. The van der Waals surface area contributed by atoms with Gasteiger partial charge in [0.1, 0.15) is 0 Å². The smallest absolute Gasteiger partial charge is 0.287 e. The van der Waals surface area contributed by atoms with Crippen LogP contribution >= 0.6 is 15.6 Å². The van der Waals surface area contributed by atoms with E-state index in [9.17, 15) is 9.13 Å². The molecule has 0 unspecified atom stereocenters. The van der Waals surface area contributed by atoms with Gasteiger partial charge in [0.25, 0.3) is 0 Å². The van der Waals surface area contributed by atoms with Crippen molar-refractivity contribution in [3.8, 4) is 0 Å². The molecule has 0 rings (SSSR count). The molecule has 10 heteroatoms. The average molecular weight is 701 g/mol. The second-order valence-electron chi connectivity index (χ2n) is 12.3. The lowest BCUT2D eigenvalue weighted by atomic mass is 10.1. The van der Waals surface area contributed by atoms with Gasteiger partial charge >= 0.3 is 15.6 Å². The van der Waals surface area contributed by atoms with E-state index in [-0.39, 0.29) is 0 Å². The maximum Gasteiger partial charge on any atom is 0.474 e. The summed E-state index contributed by atoms with van der Waals surface area (Å²) in [4.78, 5) is 0. The van der Waals surface area contributed by atoms with Crippen LogP contribution in [-0.4, -0.2) is 39.6 Å². The molecule has 0 saturated carbocycles. The SMILES string of the molecule is CCCCCCCCOP(=O)(OCCCCCCCC)OCCCCCCCC.CCCCOP(=O)(OCCCC)OCCCC. The molecule has 0 atom stereocenters. The molecule has 0 aromatic heterocycles. The Morgan fingerprint density at radius 1 is 0.261 bits per heavy atom. The Hall–Kier alpha value is 0.220. The van der Waals surface area contributed by atoms with Crippen LogP contribution in [0.1, 0.15) is 196 Å². The predicted molar refractivity (Wildman–Crippen MR) is 196 cm³/mol. The minimum Gasteiger partial charge on any atom is -0.287 e. The van der Waals surface area contributed by atoms with E-state index >= 15 is 0 Å². The molecule has 0 radical (unpaired) electrons. The molecule has 0 amide bonds. The van der Waals surface area contributed by atoms with Crippen LogP contribution < -0.4 is 0 Å². The van der Waals surface area contributed by atoms with Gasteiger partial charge in [-0.3, -0.25) is 27.1 Å². The van der Waals surface area contributed by atoms with Crippen LogP contribution in [0.15, 0.2) is 0 Å². The molecule has 0 aliphatic heterocycles. The van der Waals surface area contributed by atoms with Crippen molar-refractivity contribution in [3.05, 3.63) is 0 Å². The van der Waals surface area contributed by atoms with E-state index in [0.717, 1.165) is 77.0 Å². The van der Waals surface area contributed by atoms with Crippen molar-refractivity contribution in [1.29, 1.82) is 0 Å². The Bertz CT molecular complexity index is 595. The normalized spacial score (nSPS) is 12.0. The molecule has 0 spiro atoms. The highest BCUT2D eigenvalue weighted by Crippen LogP contribution is 2.50. The first kappa shape index (κ1) is 48.3. The number of unbranched alkanes of at least 4 members (excludes halogenated alkanes) is 18. The lowest BCUT2D eigenvalue weighted by molar-refractivity contribution is 0.108. The van der Waals surface area contributed by atoms with Crippen molar-refractivity contribution in [2.75, 3.05) is 39.6 Å². The molecule has 280 valence electrons. The van der Waals surface area contributed by atoms with Gasteiger partial charge in [0.15, 0.2) is 0 Å². The summed E-state index contributed by atoms with van der Waals surface area (Å²) in [5, 5.41) is 0. The number of hydrogen-bond acceptors (Lipinski definition) is 8. The highest BCUT2D eigenvalue weighted by molar-refractivity contribution is 7.48. The molecule has 0 fully saturated rings. The second kappa shape index (κ2) is 38.0. The molecule has 0 aromatic rings. The van der Waals surface area contributed by atoms with Gasteiger partial charge in [-0.25, -0.2) is 9.13 Å². The number of phosphoric ester groups is 2. The Labute approximate surface area is 286 Å². The van der Waals surface area contributed by atoms with Gasteiger partial charge < -0.3 is 0 Å². The zero-order valence-electron chi connectivity index (χ0n) is 31.4. The summed E-state index contributed by atoms with van der Waals surface area (Å²) >= 11 is 0. The highest BCUT2D eigenvalue weighted by atomic mass is 31.2. The van der Waals surface area contributed by atoms with Crippen molar-refractivity contribution in [2.45, 2.75) is 196 Å². The van der Waals surface area contributed by atoms with Crippen LogP contribution in [0, 0.1) is 0 Å². The van der Waals surface area contributed by atoms with Crippen LogP contribution in [0.2, 0.25) is 0 Å². The maximum atomic E-state index is 13.0. The summed E-state index contributed by atoms with van der Waals surface area (Å²) in [6.07, 6.45) is 26.9. The standard InChI is InChI=1S/C24H51O4P.C12H27O4P/c1-4-7-10-13-16-19-22-26-29(25,27-23-20-17-14-11-8-5-2)28-24-21-18-15-12-9-6-3;1-4-7-10-14-17(13,15-11-8-5-2)16-12-9-6-3/h4-24H2,1-3H3;4-12H2,1-3H3. The molecular formula is C36H78O8P2. The third kappa shape index (κ3) is 35.5. The third-order valence-electron chi connectivity index (χ3n) is 7.48. The Kier molecular flexibility index (Phi) is 40.0. The Balaban J connectivity index is 0. The van der Waals surface area contributed by atoms with Crippen LogP contribution in [0.4, 0.5) is 0 Å². The van der Waals surface area contributed by atoms with E-state index in [1.165, 1.54) is 77.0 Å². The molecule has 0 bridgehead atoms. The molecule has 46 heavy (non-hydrogen) atoms. The van der Waals surface area contributed by atoms with Crippen LogP contribution in [0.25, 0.3) is 0 Å². The minimum absolute atomic E-state index is 0.437. The van der Waals surface area contributed by atoms with Gasteiger partial charge in [-0.05, 0) is 38.5 Å². The quantitative estimate of drug-likeness (QED) is 0.0471. The lowest BCUT2D eigenvalue weighted by Gasteiger charge is -2.18. The van der Waals surface area contributed by atoms with Crippen molar-refractivity contribution in [1.82, 2.24) is 0 Å². The van der Waals surface area contributed by atoms with Crippen molar-refractivity contribution in [2.24, 2.45) is 0 Å². The average Bonchev–Trinajstić information content (AvgIpc) is 3.04. The minimum atomic E-state index is -3.40. The Morgan fingerprint density at radius 2 is 0.435 bits per heavy atom. The zero-order chi connectivity index (χ0) is 34.5. The summed E-state index contributed by atoms with van der Waals surface area (Å²) in [5.74, 6) is 0. The first-order chi connectivity index (χ1) is 22.4. The topological polar surface area (TPSA) is 89.5 Å². The largest absolute Gasteiger partial charge is 0.474 e. The van der Waals surface area contributed by atoms with E-state index < -0.39 is 15.6 Å². The molecular weight excluding hydrogens is 622 g/mol. The fourth-order valence-electron chi connectivity index (χ4n) is 4.36. The molecule has 0 aromatic carbocycles. The summed E-state index contributed by atoms with van der Waals surface area (Å²) in [6.45, 7) is 15.6. The van der Waals surface area contributed by atoms with Gasteiger partial charge in [-0.2, -0.15) is 0 Å². The first-order valence-electron chi connectivity index (χ1n) is 19.4. The molecule has 0 N–H and O–H groups in total. The number of hydrogen-bond donors (Lipinski definition) is 0. The summed E-state index contributed by atoms with van der Waals surface area (Å²) in [5.41, 5.74) is 0. The maximum absolute atomic E-state index is 13.0. The highest BCUT2D eigenvalue weighted by Gasteiger charge is 2.27. The van der Waals surface area contributed by atoms with Gasteiger partial charge in [-0.15, -0.1) is 0 Å². The van der Waals surface area contributed by atoms with E-state index in [2.05, 4.69) is 41.5 Å². The zero-order valence-corrected chi connectivity index (χ0v) is 33.2. The monoisotopic (exact) mass is 701 g/mol. The van der Waals surface area contributed by atoms with E-state index in [4.69, 9.17) is 27.1 Å². The molecule has 0 aliphatic rings. The van der Waals surface area contributed by atoms with Gasteiger partial charge in [0.05, 0.1) is 39.6 Å². The van der Waals surface area contributed by atoms with E-state index in [0.29, 0.717) is 39.6 Å². The number of rotatable bonds is 36. The fourth-order valence-corrected chi connectivity index (χ4v) is 6.93. The van der Waals surface area contributed by atoms with Gasteiger partial charge in [-0.1, -0.05) is 157 Å². The molecule has 0 heterocycles. The summed E-state index contributed by atoms with van der Waals surface area (Å²) in [7, 11) is -6.71. The van der Waals surface area contributed by atoms with Crippen molar-refractivity contribution >= 4 is 15.6 Å². The first-order valence-corrected chi connectivity index (χ1v) is 22.4. The van der Waals surface area contributed by atoms with Crippen LogP contribution in [0.5, 0.6) is 0 Å². The molecule has 0 saturated heterocycles. The molecule has 0 aliphatic carbocycles. The third-order valence-corrected chi connectivity index (χ3v) is 10.5. The summed E-state index contributed by atoms with van der Waals surface area (Å²) in [6, 6.07) is 0. The van der Waals surface area contributed by atoms with E-state index in [1.54, 1.807) is 0 Å². The number of phosphoric acid groups is 2. The van der Waals surface area contributed by atoms with Crippen LogP contribution in [0.3, 0.4) is 0 Å². The lowest BCUT2D eigenvalue weighted by Crippen LogP contribution is -2.04.